The van der Waals surface area contributed by atoms with Crippen molar-refractivity contribution >= 4 is 5.78 Å². The average Bonchev–Trinajstić information content (AvgIpc) is 2.85. The van der Waals surface area contributed by atoms with Crippen LogP contribution in [0.1, 0.15) is 46.1 Å². The van der Waals surface area contributed by atoms with E-state index in [-0.39, 0.29) is 53.6 Å². The summed E-state index contributed by atoms with van der Waals surface area (Å²) in [6, 6.07) is 4.54. The molecule has 37 heavy (non-hydrogen) atoms. The predicted molar refractivity (Wildman–Crippen MR) is 133 cm³/mol. The molecule has 3 aliphatic rings. The molecule has 2 heterocycles. The first-order chi connectivity index (χ1) is 17.2. The summed E-state index contributed by atoms with van der Waals surface area (Å²) in [6.07, 6.45) is 3.31. The molecule has 3 N–H and O–H groups in total. The van der Waals surface area contributed by atoms with Crippen LogP contribution in [0.3, 0.4) is 0 Å². The summed E-state index contributed by atoms with van der Waals surface area (Å²) < 4.78 is 22.4. The molecule has 2 aromatic rings. The molecule has 1 aromatic heterocycles. The Labute approximate surface area is 214 Å². The Bertz CT molecular complexity index is 1380. The molecular weight excluding hydrogens is 480 g/mol. The number of hydrogen-bond donors (Lipinski definition) is 3. The molecule has 1 fully saturated rings. The van der Waals surface area contributed by atoms with Gasteiger partial charge in [-0.05, 0) is 44.9 Å². The first-order valence-corrected chi connectivity index (χ1v) is 12.2. The molecule has 9 heteroatoms. The van der Waals surface area contributed by atoms with E-state index >= 15 is 0 Å². The second-order valence-corrected chi connectivity index (χ2v) is 11.2. The highest BCUT2D eigenvalue weighted by atomic mass is 16.5. The summed E-state index contributed by atoms with van der Waals surface area (Å²) in [5.41, 5.74) is -7.48. The van der Waals surface area contributed by atoms with Crippen molar-refractivity contribution in [3.05, 3.63) is 46.3 Å². The van der Waals surface area contributed by atoms with Crippen LogP contribution in [0, 0.1) is 10.8 Å². The summed E-state index contributed by atoms with van der Waals surface area (Å²) in [6.45, 7) is 6.94. The van der Waals surface area contributed by atoms with Crippen molar-refractivity contribution in [1.29, 1.82) is 0 Å². The number of phenolic OH excluding ortho intramolecular Hbond substituents is 1. The second kappa shape index (κ2) is 7.61. The molecule has 0 amide bonds. The average molecular weight is 513 g/mol. The number of aromatic hydroxyl groups is 1. The van der Waals surface area contributed by atoms with Crippen LogP contribution in [-0.4, -0.2) is 52.1 Å². The lowest BCUT2D eigenvalue weighted by Gasteiger charge is -2.68. The van der Waals surface area contributed by atoms with Crippen LogP contribution in [0.5, 0.6) is 23.0 Å². The summed E-state index contributed by atoms with van der Waals surface area (Å²) in [7, 11) is 2.78. The Morgan fingerprint density at radius 2 is 1.54 bits per heavy atom. The van der Waals surface area contributed by atoms with E-state index in [1.165, 1.54) is 32.4 Å². The van der Waals surface area contributed by atoms with Crippen LogP contribution in [0.4, 0.5) is 0 Å². The standard InChI is InChI=1S/C28H32O9/c1-24(2)8-7-21(29)26(4)27(24,32)10-9-25(3)28(26,33)14-16-18(37-25)13-17(36-23(16)31)15-11-19(34-5)22(30)20(12-15)35-6/h7-8,11-13,30,32-33H,9-10,14H2,1-6H3/t25-,26+,27-,28-/m1/s1. The van der Waals surface area contributed by atoms with Gasteiger partial charge in [-0.2, -0.15) is 0 Å². The fourth-order valence-electron chi connectivity index (χ4n) is 6.63. The van der Waals surface area contributed by atoms with Crippen LogP contribution < -0.4 is 19.8 Å². The Hall–Kier alpha value is -3.30. The van der Waals surface area contributed by atoms with Crippen LogP contribution in [0.2, 0.25) is 0 Å². The highest BCUT2D eigenvalue weighted by molar-refractivity contribution is 5.98. The van der Waals surface area contributed by atoms with E-state index in [0.717, 1.165) is 0 Å². The lowest BCUT2D eigenvalue weighted by molar-refractivity contribution is -0.297. The first kappa shape index (κ1) is 25.4. The molecule has 9 nitrogen and oxygen atoms in total. The first-order valence-electron chi connectivity index (χ1n) is 12.2. The third-order valence-corrected chi connectivity index (χ3v) is 9.24. The highest BCUT2D eigenvalue weighted by Gasteiger charge is 2.77. The van der Waals surface area contributed by atoms with Crippen molar-refractivity contribution in [1.82, 2.24) is 0 Å². The fourth-order valence-corrected chi connectivity index (χ4v) is 6.63. The molecule has 0 saturated heterocycles. The molecule has 1 aliphatic heterocycles. The van der Waals surface area contributed by atoms with Crippen LogP contribution >= 0.6 is 0 Å². The van der Waals surface area contributed by atoms with Gasteiger partial charge in [0.2, 0.25) is 5.75 Å². The van der Waals surface area contributed by atoms with Crippen LogP contribution in [-0.2, 0) is 11.2 Å². The zero-order chi connectivity index (χ0) is 27.2. The quantitative estimate of drug-likeness (QED) is 0.567. The van der Waals surface area contributed by atoms with Gasteiger partial charge in [-0.25, -0.2) is 4.79 Å². The Morgan fingerprint density at radius 1 is 0.919 bits per heavy atom. The third-order valence-electron chi connectivity index (χ3n) is 9.24. The summed E-state index contributed by atoms with van der Waals surface area (Å²) >= 11 is 0. The predicted octanol–water partition coefficient (Wildman–Crippen LogP) is 3.15. The zero-order valence-electron chi connectivity index (χ0n) is 21.8. The number of benzene rings is 1. The molecule has 0 unspecified atom stereocenters. The van der Waals surface area contributed by atoms with Gasteiger partial charge in [0.25, 0.3) is 0 Å². The van der Waals surface area contributed by atoms with Crippen molar-refractivity contribution in [3.8, 4) is 34.3 Å². The maximum Gasteiger partial charge on any atom is 0.343 e. The molecule has 5 rings (SSSR count). The molecule has 198 valence electrons. The molecule has 1 saturated carbocycles. The fraction of sp³-hybridized carbons (Fsp3) is 0.500. The lowest BCUT2D eigenvalue weighted by atomic mass is 9.41. The Kier molecular flexibility index (Phi) is 5.22. The minimum absolute atomic E-state index is 0.0760. The maximum absolute atomic E-state index is 13.4. The highest BCUT2D eigenvalue weighted by Crippen LogP contribution is 2.65. The molecule has 0 bridgehead atoms. The van der Waals surface area contributed by atoms with Gasteiger partial charge in [0, 0.05) is 23.5 Å². The van der Waals surface area contributed by atoms with Crippen molar-refractivity contribution in [2.75, 3.05) is 14.2 Å². The van der Waals surface area contributed by atoms with Gasteiger partial charge in [0.15, 0.2) is 17.3 Å². The smallest absolute Gasteiger partial charge is 0.343 e. The summed E-state index contributed by atoms with van der Waals surface area (Å²) in [5.74, 6) is 0.00665. The number of ether oxygens (including phenoxy) is 3. The Balaban J connectivity index is 1.67. The molecule has 1 aromatic carbocycles. The number of carbonyl (C=O) groups excluding carboxylic acids is 1. The third kappa shape index (κ3) is 2.98. The van der Waals surface area contributed by atoms with E-state index in [9.17, 15) is 24.9 Å². The molecule has 2 aliphatic carbocycles. The van der Waals surface area contributed by atoms with Crippen molar-refractivity contribution in [3.63, 3.8) is 0 Å². The molecule has 0 spiro atoms. The zero-order valence-corrected chi connectivity index (χ0v) is 21.8. The lowest BCUT2D eigenvalue weighted by Crippen LogP contribution is -2.81. The molecule has 4 atom stereocenters. The number of ketones is 1. The van der Waals surface area contributed by atoms with E-state index in [1.807, 2.05) is 13.8 Å². The van der Waals surface area contributed by atoms with E-state index in [2.05, 4.69) is 0 Å². The number of allylic oxidation sites excluding steroid dienone is 1. The maximum atomic E-state index is 13.4. The van der Waals surface area contributed by atoms with Crippen molar-refractivity contribution in [2.24, 2.45) is 10.8 Å². The van der Waals surface area contributed by atoms with Gasteiger partial charge in [0.1, 0.15) is 22.7 Å². The largest absolute Gasteiger partial charge is 0.502 e. The number of hydrogen-bond acceptors (Lipinski definition) is 9. The van der Waals surface area contributed by atoms with Gasteiger partial charge >= 0.3 is 5.63 Å². The van der Waals surface area contributed by atoms with Gasteiger partial charge in [-0.15, -0.1) is 0 Å². The van der Waals surface area contributed by atoms with E-state index < -0.39 is 39.0 Å². The topological polar surface area (TPSA) is 136 Å². The Morgan fingerprint density at radius 3 is 2.14 bits per heavy atom. The minimum atomic E-state index is -1.90. The molecular formula is C28H32O9. The normalized spacial score (nSPS) is 33.6. The molecule has 0 radical (unpaired) electrons. The number of methoxy groups -OCH3 is 2. The van der Waals surface area contributed by atoms with Gasteiger partial charge in [0.05, 0.1) is 30.8 Å². The SMILES string of the molecule is COc1cc(-c2cc3c(c(=O)o2)C[C@]2(O)[C@@]4(C)C(=O)C=CC(C)(C)[C@]4(O)CC[C@@]2(C)O3)cc(OC)c1O. The number of fused-ring (bicyclic) bond motifs is 4. The van der Waals surface area contributed by atoms with Crippen molar-refractivity contribution in [2.45, 2.75) is 63.8 Å². The van der Waals surface area contributed by atoms with E-state index in [0.29, 0.717) is 5.56 Å². The van der Waals surface area contributed by atoms with E-state index in [4.69, 9.17) is 18.6 Å². The van der Waals surface area contributed by atoms with Gasteiger partial charge < -0.3 is 33.9 Å². The summed E-state index contributed by atoms with van der Waals surface area (Å²) in [4.78, 5) is 26.7. The summed E-state index contributed by atoms with van der Waals surface area (Å²) in [5, 5.41) is 34.5. The monoisotopic (exact) mass is 512 g/mol. The number of phenols is 1. The van der Waals surface area contributed by atoms with Crippen LogP contribution in [0.15, 0.2) is 39.6 Å². The van der Waals surface area contributed by atoms with Gasteiger partial charge in [-0.1, -0.05) is 19.9 Å². The minimum Gasteiger partial charge on any atom is -0.502 e. The van der Waals surface area contributed by atoms with Crippen LogP contribution in [0.25, 0.3) is 11.3 Å². The number of aliphatic hydroxyl groups is 2. The van der Waals surface area contributed by atoms with Crippen molar-refractivity contribution < 1.29 is 38.7 Å². The van der Waals surface area contributed by atoms with E-state index in [1.54, 1.807) is 26.0 Å². The van der Waals surface area contributed by atoms with Gasteiger partial charge in [-0.3, -0.25) is 4.79 Å². The number of rotatable bonds is 3. The second-order valence-electron chi connectivity index (χ2n) is 11.2. The number of carbonyl (C=O) groups is 1.